The second kappa shape index (κ2) is 6.02. The summed E-state index contributed by atoms with van der Waals surface area (Å²) in [6.07, 6.45) is 3.38. The van der Waals surface area contributed by atoms with Crippen molar-refractivity contribution in [2.75, 3.05) is 0 Å². The molecule has 2 saturated heterocycles. The molecule has 3 heterocycles. The lowest BCUT2D eigenvalue weighted by Gasteiger charge is -2.21. The van der Waals surface area contributed by atoms with Gasteiger partial charge in [0.05, 0.1) is 0 Å². The summed E-state index contributed by atoms with van der Waals surface area (Å²) in [5, 5.41) is 15.4. The van der Waals surface area contributed by atoms with E-state index in [1.54, 1.807) is 36.4 Å². The van der Waals surface area contributed by atoms with Gasteiger partial charge in [-0.3, -0.25) is 4.79 Å². The zero-order valence-electron chi connectivity index (χ0n) is 13.1. The number of carbonyl (C=O) groups excluding carboxylic acids is 1. The van der Waals surface area contributed by atoms with Gasteiger partial charge in [-0.1, -0.05) is 0 Å². The molecule has 122 valence electrons. The number of nitrogens with one attached hydrogen (secondary N) is 3. The molecule has 2 aliphatic rings. The molecule has 6 nitrogen and oxygen atoms in total. The molecule has 3 N–H and O–H groups in total. The Morgan fingerprint density at radius 1 is 1.21 bits per heavy atom. The summed E-state index contributed by atoms with van der Waals surface area (Å²) in [6, 6.07) is 13.6. The number of benzene rings is 1. The van der Waals surface area contributed by atoms with Crippen LogP contribution in [0.25, 0.3) is 0 Å². The van der Waals surface area contributed by atoms with E-state index in [2.05, 4.69) is 15.6 Å². The van der Waals surface area contributed by atoms with Crippen LogP contribution in [0.1, 0.15) is 35.3 Å². The normalized spacial score (nSPS) is 24.5. The molecule has 0 saturated carbocycles. The Kier molecular flexibility index (Phi) is 3.71. The van der Waals surface area contributed by atoms with Gasteiger partial charge in [0.2, 0.25) is 0 Å². The van der Waals surface area contributed by atoms with Crippen LogP contribution in [-0.4, -0.2) is 29.0 Å². The van der Waals surface area contributed by atoms with Crippen LogP contribution in [0.5, 0.6) is 11.6 Å². The van der Waals surface area contributed by atoms with E-state index >= 15 is 0 Å². The molecule has 2 fully saturated rings. The molecule has 3 atom stereocenters. The Morgan fingerprint density at radius 2 is 2.04 bits per heavy atom. The molecule has 1 aromatic heterocycles. The van der Waals surface area contributed by atoms with Gasteiger partial charge in [0.15, 0.2) is 5.88 Å². The van der Waals surface area contributed by atoms with Gasteiger partial charge in [-0.25, -0.2) is 0 Å². The van der Waals surface area contributed by atoms with E-state index in [4.69, 9.17) is 10.00 Å². The highest BCUT2D eigenvalue weighted by Crippen LogP contribution is 2.28. The number of fused-ring (bicyclic) bond motifs is 2. The van der Waals surface area contributed by atoms with Crippen molar-refractivity contribution in [2.45, 2.75) is 37.4 Å². The van der Waals surface area contributed by atoms with E-state index in [-0.39, 0.29) is 11.9 Å². The lowest BCUT2D eigenvalue weighted by Crippen LogP contribution is -2.42. The Hall–Kier alpha value is -2.78. The van der Waals surface area contributed by atoms with Gasteiger partial charge in [0.1, 0.15) is 17.5 Å². The first-order chi connectivity index (χ1) is 11.7. The maximum absolute atomic E-state index is 12.4. The topological polar surface area (TPSA) is 89.9 Å². The maximum Gasteiger partial charge on any atom is 0.251 e. The van der Waals surface area contributed by atoms with Crippen LogP contribution >= 0.6 is 0 Å². The number of aromatic amines is 1. The number of amides is 1. The second-order valence-electron chi connectivity index (χ2n) is 6.34. The highest BCUT2D eigenvalue weighted by atomic mass is 16.5. The summed E-state index contributed by atoms with van der Waals surface area (Å²) >= 11 is 0. The number of hydrogen-bond acceptors (Lipinski definition) is 4. The van der Waals surface area contributed by atoms with Crippen LogP contribution in [0.2, 0.25) is 0 Å². The summed E-state index contributed by atoms with van der Waals surface area (Å²) in [7, 11) is 0. The highest BCUT2D eigenvalue weighted by Gasteiger charge is 2.39. The zero-order valence-corrected chi connectivity index (χ0v) is 13.1. The van der Waals surface area contributed by atoms with Crippen LogP contribution in [0.3, 0.4) is 0 Å². The SMILES string of the molecule is N#Cc1ccc(Oc2ccc(C(=O)NC3CC4CCC3N4)cc2)[nH]1. The van der Waals surface area contributed by atoms with E-state index in [0.717, 1.165) is 12.8 Å². The quantitative estimate of drug-likeness (QED) is 0.805. The lowest BCUT2D eigenvalue weighted by atomic mass is 9.95. The lowest BCUT2D eigenvalue weighted by molar-refractivity contribution is 0.0931. The molecule has 0 radical (unpaired) electrons. The molecule has 24 heavy (non-hydrogen) atoms. The van der Waals surface area contributed by atoms with Crippen molar-refractivity contribution >= 4 is 5.91 Å². The van der Waals surface area contributed by atoms with E-state index in [9.17, 15) is 4.79 Å². The monoisotopic (exact) mass is 322 g/mol. The van der Waals surface area contributed by atoms with Gasteiger partial charge in [-0.15, -0.1) is 0 Å². The predicted molar refractivity (Wildman–Crippen MR) is 87.8 cm³/mol. The molecular formula is C18H18N4O2. The van der Waals surface area contributed by atoms with Crippen LogP contribution in [0.15, 0.2) is 36.4 Å². The number of aromatic nitrogens is 1. The minimum absolute atomic E-state index is 0.0486. The first-order valence-electron chi connectivity index (χ1n) is 8.15. The van der Waals surface area contributed by atoms with Crippen molar-refractivity contribution in [3.8, 4) is 17.7 Å². The molecular weight excluding hydrogens is 304 g/mol. The van der Waals surface area contributed by atoms with Crippen LogP contribution < -0.4 is 15.4 Å². The number of hydrogen-bond donors (Lipinski definition) is 3. The van der Waals surface area contributed by atoms with Gasteiger partial charge in [-0.2, -0.15) is 5.26 Å². The molecule has 2 aromatic rings. The summed E-state index contributed by atoms with van der Waals surface area (Å²) in [4.78, 5) is 15.2. The van der Waals surface area contributed by atoms with Crippen LogP contribution in [0, 0.1) is 11.3 Å². The number of nitrogens with zero attached hydrogens (tertiary/aromatic N) is 1. The third-order valence-corrected chi connectivity index (χ3v) is 4.74. The van der Waals surface area contributed by atoms with Crippen molar-refractivity contribution in [3.05, 3.63) is 47.7 Å². The van der Waals surface area contributed by atoms with Crippen molar-refractivity contribution < 1.29 is 9.53 Å². The largest absolute Gasteiger partial charge is 0.441 e. The number of ether oxygens (including phenoxy) is 1. The minimum atomic E-state index is -0.0486. The van der Waals surface area contributed by atoms with Gasteiger partial charge in [0.25, 0.3) is 5.91 Å². The average Bonchev–Trinajstić information content (AvgIpc) is 3.32. The van der Waals surface area contributed by atoms with Crippen LogP contribution in [0.4, 0.5) is 0 Å². The molecule has 1 aromatic carbocycles. The number of nitriles is 1. The van der Waals surface area contributed by atoms with Gasteiger partial charge < -0.3 is 20.4 Å². The molecule has 6 heteroatoms. The summed E-state index contributed by atoms with van der Waals surface area (Å²) < 4.78 is 5.62. The molecule has 1 amide bonds. The standard InChI is InChI=1S/C18H18N4O2/c19-10-13-4-8-17(21-13)24-14-5-1-11(2-6-14)18(23)22-16-9-12-3-7-15(16)20-12/h1-2,4-6,8,12,15-16,20-21H,3,7,9H2,(H,22,23). The molecule has 4 rings (SSSR count). The molecule has 0 spiro atoms. The zero-order chi connectivity index (χ0) is 16.5. The highest BCUT2D eigenvalue weighted by molar-refractivity contribution is 5.94. The summed E-state index contributed by atoms with van der Waals surface area (Å²) in [5.41, 5.74) is 1.06. The Balaban J connectivity index is 1.38. The molecule has 3 unspecified atom stereocenters. The van der Waals surface area contributed by atoms with E-state index in [1.165, 1.54) is 6.42 Å². The van der Waals surface area contributed by atoms with Crippen molar-refractivity contribution in [1.82, 2.24) is 15.6 Å². The Labute approximate surface area is 139 Å². The maximum atomic E-state index is 12.4. The first kappa shape index (κ1) is 14.8. The molecule has 0 aliphatic carbocycles. The number of H-pyrrole nitrogens is 1. The fourth-order valence-corrected chi connectivity index (χ4v) is 3.54. The summed E-state index contributed by atoms with van der Waals surface area (Å²) in [6.45, 7) is 0. The van der Waals surface area contributed by atoms with Crippen LogP contribution in [-0.2, 0) is 0 Å². The van der Waals surface area contributed by atoms with E-state index in [0.29, 0.717) is 35.0 Å². The average molecular weight is 322 g/mol. The van der Waals surface area contributed by atoms with Gasteiger partial charge in [-0.05, 0) is 49.6 Å². The van der Waals surface area contributed by atoms with Gasteiger partial charge >= 0.3 is 0 Å². The van der Waals surface area contributed by atoms with E-state index in [1.807, 2.05) is 6.07 Å². The second-order valence-corrected chi connectivity index (χ2v) is 6.34. The van der Waals surface area contributed by atoms with E-state index < -0.39 is 0 Å². The first-order valence-corrected chi connectivity index (χ1v) is 8.15. The Morgan fingerprint density at radius 3 is 2.67 bits per heavy atom. The van der Waals surface area contributed by atoms with Crippen molar-refractivity contribution in [1.29, 1.82) is 5.26 Å². The third kappa shape index (κ3) is 2.86. The number of rotatable bonds is 4. The van der Waals surface area contributed by atoms with Gasteiger partial charge in [0, 0.05) is 29.8 Å². The smallest absolute Gasteiger partial charge is 0.251 e. The molecule has 2 aliphatic heterocycles. The Bertz CT molecular complexity index is 790. The predicted octanol–water partition coefficient (Wildman–Crippen LogP) is 2.30. The number of carbonyl (C=O) groups is 1. The fraction of sp³-hybridized carbons (Fsp3) is 0.333. The van der Waals surface area contributed by atoms with Crippen molar-refractivity contribution in [3.63, 3.8) is 0 Å². The summed E-state index contributed by atoms with van der Waals surface area (Å²) in [5.74, 6) is 1.06. The molecule has 2 bridgehead atoms. The minimum Gasteiger partial charge on any atom is -0.441 e. The van der Waals surface area contributed by atoms with Crippen molar-refractivity contribution in [2.24, 2.45) is 0 Å². The fourth-order valence-electron chi connectivity index (χ4n) is 3.54. The third-order valence-electron chi connectivity index (χ3n) is 4.74.